The molecule has 23 heavy (non-hydrogen) atoms. The number of imidazole rings is 1. The molecule has 1 aromatic carbocycles. The second-order valence-corrected chi connectivity index (χ2v) is 5.89. The standard InChI is InChI=1S/C16H13Cl2N3O2/c17-12-5-11(6-13(18)7-12)14(9-22)20-16(23)10-1-2-15-19-3-4-21(15)8-10/h1-8,14,22H,9H2,(H,20,23). The number of halogens is 2. The van der Waals surface area contributed by atoms with Crippen molar-refractivity contribution in [2.45, 2.75) is 6.04 Å². The van der Waals surface area contributed by atoms with E-state index in [-0.39, 0.29) is 12.5 Å². The fourth-order valence-electron chi connectivity index (χ4n) is 2.31. The first-order valence-corrected chi connectivity index (χ1v) is 7.63. The number of nitrogens with zero attached hydrogens (tertiary/aromatic N) is 2. The van der Waals surface area contributed by atoms with Gasteiger partial charge in [0.1, 0.15) is 5.65 Å². The van der Waals surface area contributed by atoms with E-state index in [0.29, 0.717) is 21.2 Å². The summed E-state index contributed by atoms with van der Waals surface area (Å²) in [5, 5.41) is 13.2. The summed E-state index contributed by atoms with van der Waals surface area (Å²) >= 11 is 11.9. The zero-order valence-electron chi connectivity index (χ0n) is 11.9. The van der Waals surface area contributed by atoms with Crippen LogP contribution in [0.3, 0.4) is 0 Å². The summed E-state index contributed by atoms with van der Waals surface area (Å²) in [6, 6.07) is 7.74. The van der Waals surface area contributed by atoms with E-state index in [1.54, 1.807) is 53.3 Å². The Kier molecular flexibility index (Phi) is 4.52. The molecule has 0 bridgehead atoms. The van der Waals surface area contributed by atoms with E-state index in [0.717, 1.165) is 5.65 Å². The molecule has 1 unspecified atom stereocenters. The predicted molar refractivity (Wildman–Crippen MR) is 88.9 cm³/mol. The van der Waals surface area contributed by atoms with Crippen LogP contribution in [-0.4, -0.2) is 27.0 Å². The Balaban J connectivity index is 1.84. The van der Waals surface area contributed by atoms with Crippen molar-refractivity contribution in [2.75, 3.05) is 6.61 Å². The summed E-state index contributed by atoms with van der Waals surface area (Å²) in [5.74, 6) is -0.309. The molecule has 0 aliphatic rings. The SMILES string of the molecule is O=C(NC(CO)c1cc(Cl)cc(Cl)c1)c1ccc2nccn2c1. The van der Waals surface area contributed by atoms with E-state index in [9.17, 15) is 9.90 Å². The lowest BCUT2D eigenvalue weighted by Gasteiger charge is -2.17. The van der Waals surface area contributed by atoms with Crippen molar-refractivity contribution >= 4 is 34.8 Å². The lowest BCUT2D eigenvalue weighted by molar-refractivity contribution is 0.0915. The number of hydrogen-bond acceptors (Lipinski definition) is 3. The normalized spacial score (nSPS) is 12.3. The highest BCUT2D eigenvalue weighted by atomic mass is 35.5. The Morgan fingerprint density at radius 2 is 2.00 bits per heavy atom. The smallest absolute Gasteiger partial charge is 0.253 e. The molecule has 2 aromatic heterocycles. The number of rotatable bonds is 4. The predicted octanol–water partition coefficient (Wildman–Crippen LogP) is 3.10. The summed E-state index contributed by atoms with van der Waals surface area (Å²) in [7, 11) is 0. The Hall–Kier alpha value is -2.08. The van der Waals surface area contributed by atoms with Crippen molar-refractivity contribution in [1.29, 1.82) is 0 Å². The summed E-state index contributed by atoms with van der Waals surface area (Å²) in [5.41, 5.74) is 1.85. The van der Waals surface area contributed by atoms with Crippen LogP contribution in [0.5, 0.6) is 0 Å². The largest absolute Gasteiger partial charge is 0.394 e. The first kappa shape index (κ1) is 15.8. The van der Waals surface area contributed by atoms with Gasteiger partial charge in [-0.3, -0.25) is 4.79 Å². The van der Waals surface area contributed by atoms with Crippen molar-refractivity contribution in [3.8, 4) is 0 Å². The summed E-state index contributed by atoms with van der Waals surface area (Å²) in [4.78, 5) is 16.5. The van der Waals surface area contributed by atoms with Gasteiger partial charge in [-0.15, -0.1) is 0 Å². The van der Waals surface area contributed by atoms with Gasteiger partial charge in [0.05, 0.1) is 18.2 Å². The lowest BCUT2D eigenvalue weighted by Crippen LogP contribution is -2.31. The van der Waals surface area contributed by atoms with Crippen LogP contribution in [0.2, 0.25) is 10.0 Å². The molecule has 0 saturated carbocycles. The van der Waals surface area contributed by atoms with Gasteiger partial charge in [0.25, 0.3) is 5.91 Å². The highest BCUT2D eigenvalue weighted by Gasteiger charge is 2.16. The van der Waals surface area contributed by atoms with Crippen molar-refractivity contribution < 1.29 is 9.90 Å². The van der Waals surface area contributed by atoms with E-state index >= 15 is 0 Å². The average molecular weight is 350 g/mol. The number of fused-ring (bicyclic) bond motifs is 1. The van der Waals surface area contributed by atoms with Crippen LogP contribution in [0.1, 0.15) is 22.0 Å². The number of amides is 1. The third-order valence-electron chi connectivity index (χ3n) is 3.43. The number of carbonyl (C=O) groups is 1. The molecule has 118 valence electrons. The van der Waals surface area contributed by atoms with Crippen LogP contribution in [0.15, 0.2) is 48.9 Å². The molecule has 1 atom stereocenters. The van der Waals surface area contributed by atoms with Crippen LogP contribution in [0, 0.1) is 0 Å². The molecule has 5 nitrogen and oxygen atoms in total. The Labute approximate surface area is 142 Å². The van der Waals surface area contributed by atoms with Crippen LogP contribution >= 0.6 is 23.2 Å². The molecule has 0 aliphatic heterocycles. The van der Waals surface area contributed by atoms with Gasteiger partial charge in [-0.05, 0) is 35.9 Å². The van der Waals surface area contributed by atoms with Crippen LogP contribution in [0.4, 0.5) is 0 Å². The fraction of sp³-hybridized carbons (Fsp3) is 0.125. The maximum absolute atomic E-state index is 12.4. The highest BCUT2D eigenvalue weighted by molar-refractivity contribution is 6.34. The minimum atomic E-state index is -0.600. The van der Waals surface area contributed by atoms with Crippen molar-refractivity contribution in [3.05, 3.63) is 70.1 Å². The summed E-state index contributed by atoms with van der Waals surface area (Å²) < 4.78 is 1.75. The molecular formula is C16H13Cl2N3O2. The van der Waals surface area contributed by atoms with Crippen molar-refractivity contribution in [3.63, 3.8) is 0 Å². The Morgan fingerprint density at radius 3 is 2.70 bits per heavy atom. The molecule has 3 rings (SSSR count). The highest BCUT2D eigenvalue weighted by Crippen LogP contribution is 2.23. The van der Waals surface area contributed by atoms with Crippen LogP contribution in [0.25, 0.3) is 5.65 Å². The quantitative estimate of drug-likeness (QED) is 0.760. The fourth-order valence-corrected chi connectivity index (χ4v) is 2.85. The summed E-state index contributed by atoms with van der Waals surface area (Å²) in [6.45, 7) is -0.268. The molecule has 0 spiro atoms. The maximum atomic E-state index is 12.4. The maximum Gasteiger partial charge on any atom is 0.253 e. The molecule has 1 amide bonds. The van der Waals surface area contributed by atoms with Crippen LogP contribution < -0.4 is 5.32 Å². The van der Waals surface area contributed by atoms with Crippen molar-refractivity contribution in [2.24, 2.45) is 0 Å². The zero-order valence-corrected chi connectivity index (χ0v) is 13.4. The average Bonchev–Trinajstić information content (AvgIpc) is 2.98. The van der Waals surface area contributed by atoms with E-state index in [1.807, 2.05) is 0 Å². The molecule has 0 fully saturated rings. The molecule has 0 aliphatic carbocycles. The van der Waals surface area contributed by atoms with Gasteiger partial charge in [-0.25, -0.2) is 4.98 Å². The monoisotopic (exact) mass is 349 g/mol. The molecule has 2 N–H and O–H groups in total. The number of aliphatic hydroxyl groups is 1. The second-order valence-electron chi connectivity index (χ2n) is 5.02. The number of pyridine rings is 1. The van der Waals surface area contributed by atoms with Gasteiger partial charge in [-0.2, -0.15) is 0 Å². The van der Waals surface area contributed by atoms with Gasteiger partial charge in [0, 0.05) is 28.6 Å². The molecule has 0 saturated heterocycles. The van der Waals surface area contributed by atoms with Gasteiger partial charge in [0.15, 0.2) is 0 Å². The Bertz CT molecular complexity index is 843. The van der Waals surface area contributed by atoms with E-state index in [4.69, 9.17) is 23.2 Å². The number of aromatic nitrogens is 2. The lowest BCUT2D eigenvalue weighted by atomic mass is 10.1. The minimum absolute atomic E-state index is 0.268. The molecule has 0 radical (unpaired) electrons. The minimum Gasteiger partial charge on any atom is -0.394 e. The van der Waals surface area contributed by atoms with Crippen molar-refractivity contribution in [1.82, 2.24) is 14.7 Å². The number of benzene rings is 1. The van der Waals surface area contributed by atoms with Gasteiger partial charge in [-0.1, -0.05) is 23.2 Å². The third kappa shape index (κ3) is 3.47. The number of carbonyl (C=O) groups excluding carboxylic acids is 1. The number of hydrogen-bond donors (Lipinski definition) is 2. The zero-order chi connectivity index (χ0) is 16.4. The third-order valence-corrected chi connectivity index (χ3v) is 3.86. The Morgan fingerprint density at radius 1 is 1.26 bits per heavy atom. The van der Waals surface area contributed by atoms with Gasteiger partial charge >= 0.3 is 0 Å². The van der Waals surface area contributed by atoms with Gasteiger partial charge in [0.2, 0.25) is 0 Å². The van der Waals surface area contributed by atoms with E-state index in [2.05, 4.69) is 10.3 Å². The molecular weight excluding hydrogens is 337 g/mol. The van der Waals surface area contributed by atoms with Gasteiger partial charge < -0.3 is 14.8 Å². The first-order valence-electron chi connectivity index (χ1n) is 6.87. The molecule has 3 aromatic rings. The topological polar surface area (TPSA) is 66.6 Å². The van der Waals surface area contributed by atoms with E-state index < -0.39 is 6.04 Å². The molecule has 7 heteroatoms. The second kappa shape index (κ2) is 6.58. The molecule has 2 heterocycles. The number of nitrogens with one attached hydrogen (secondary N) is 1. The van der Waals surface area contributed by atoms with Crippen LogP contribution in [-0.2, 0) is 0 Å². The number of aliphatic hydroxyl groups excluding tert-OH is 1. The van der Waals surface area contributed by atoms with E-state index in [1.165, 1.54) is 0 Å². The first-order chi connectivity index (χ1) is 11.1. The summed E-state index contributed by atoms with van der Waals surface area (Å²) in [6.07, 6.45) is 5.09.